The van der Waals surface area contributed by atoms with Gasteiger partial charge in [-0.2, -0.15) is 0 Å². The molecule has 2 heterocycles. The number of carbonyl (C=O) groups excluding carboxylic acids is 1. The number of aromatic nitrogens is 1. The van der Waals surface area contributed by atoms with Gasteiger partial charge in [-0.15, -0.1) is 11.3 Å². The van der Waals surface area contributed by atoms with Crippen molar-refractivity contribution in [1.29, 1.82) is 0 Å². The Hall–Kier alpha value is -1.77. The van der Waals surface area contributed by atoms with Crippen molar-refractivity contribution in [2.75, 3.05) is 14.1 Å². The Morgan fingerprint density at radius 3 is 2.67 bits per heavy atom. The topological polar surface area (TPSA) is 76.6 Å². The van der Waals surface area contributed by atoms with Crippen LogP contribution in [0.25, 0.3) is 0 Å². The molecule has 0 aliphatic carbocycles. The van der Waals surface area contributed by atoms with E-state index in [-0.39, 0.29) is 9.77 Å². The zero-order valence-corrected chi connectivity index (χ0v) is 13.4. The Morgan fingerprint density at radius 1 is 1.38 bits per heavy atom. The van der Waals surface area contributed by atoms with E-state index in [2.05, 4.69) is 4.98 Å². The van der Waals surface area contributed by atoms with E-state index in [0.29, 0.717) is 10.6 Å². The van der Waals surface area contributed by atoms with E-state index in [1.54, 1.807) is 25.3 Å². The van der Waals surface area contributed by atoms with Gasteiger partial charge in [0.1, 0.15) is 10.6 Å². The first-order valence-electron chi connectivity index (χ1n) is 5.97. The quantitative estimate of drug-likeness (QED) is 0.802. The van der Waals surface area contributed by atoms with Gasteiger partial charge in [-0.25, -0.2) is 17.5 Å². The molecule has 112 valence electrons. The highest BCUT2D eigenvalue weighted by Gasteiger charge is 2.25. The van der Waals surface area contributed by atoms with E-state index in [1.165, 1.54) is 26.4 Å². The third-order valence-electron chi connectivity index (χ3n) is 2.68. The molecular weight excluding hydrogens is 312 g/mol. The first-order valence-corrected chi connectivity index (χ1v) is 8.23. The van der Waals surface area contributed by atoms with Crippen LogP contribution in [0, 0.1) is 6.92 Å². The molecule has 0 saturated heterocycles. The molecule has 2 rings (SSSR count). The van der Waals surface area contributed by atoms with Crippen LogP contribution in [0.5, 0.6) is 5.75 Å². The summed E-state index contributed by atoms with van der Waals surface area (Å²) in [6.07, 6.45) is 2.98. The number of hydrogen-bond donors (Lipinski definition) is 0. The molecule has 0 bridgehead atoms. The summed E-state index contributed by atoms with van der Waals surface area (Å²) in [5.41, 5.74) is 0. The van der Waals surface area contributed by atoms with Crippen LogP contribution in [0.2, 0.25) is 0 Å². The van der Waals surface area contributed by atoms with E-state index in [0.717, 1.165) is 15.6 Å². The minimum atomic E-state index is -3.57. The average Bonchev–Trinajstić information content (AvgIpc) is 2.82. The number of hydrogen-bond acceptors (Lipinski definition) is 6. The standard InChI is InChI=1S/C13H14N2O4S2/c1-9-12(21(17,18)15(2)3)7-11(20-9)13(16)19-10-5-4-6-14-8-10/h4-8H,1-3H3. The highest BCUT2D eigenvalue weighted by atomic mass is 32.2. The van der Waals surface area contributed by atoms with Gasteiger partial charge < -0.3 is 4.74 Å². The van der Waals surface area contributed by atoms with Crippen LogP contribution in [0.4, 0.5) is 0 Å². The number of esters is 1. The molecule has 0 aromatic carbocycles. The number of pyridine rings is 1. The first kappa shape index (κ1) is 15.6. The number of carbonyl (C=O) groups is 1. The molecule has 0 atom stereocenters. The molecule has 0 amide bonds. The Morgan fingerprint density at radius 2 is 2.10 bits per heavy atom. The van der Waals surface area contributed by atoms with Gasteiger partial charge in [0.15, 0.2) is 0 Å². The zero-order valence-electron chi connectivity index (χ0n) is 11.7. The van der Waals surface area contributed by atoms with Crippen LogP contribution in [-0.4, -0.2) is 37.8 Å². The van der Waals surface area contributed by atoms with E-state index in [1.807, 2.05) is 0 Å². The van der Waals surface area contributed by atoms with Crippen LogP contribution in [0.1, 0.15) is 14.5 Å². The Labute approximate surface area is 127 Å². The Bertz CT molecular complexity index is 752. The Balaban J connectivity index is 2.29. The third-order valence-corrected chi connectivity index (χ3v) is 5.78. The molecule has 0 saturated carbocycles. The van der Waals surface area contributed by atoms with Gasteiger partial charge >= 0.3 is 5.97 Å². The molecule has 0 aliphatic heterocycles. The first-order chi connectivity index (χ1) is 9.82. The summed E-state index contributed by atoms with van der Waals surface area (Å²) >= 11 is 1.09. The fourth-order valence-corrected chi connectivity index (χ4v) is 3.91. The number of aryl methyl sites for hydroxylation is 1. The monoisotopic (exact) mass is 326 g/mol. The van der Waals surface area contributed by atoms with Crippen molar-refractivity contribution in [1.82, 2.24) is 9.29 Å². The maximum absolute atomic E-state index is 12.1. The summed E-state index contributed by atoms with van der Waals surface area (Å²) < 4.78 is 30.5. The highest BCUT2D eigenvalue weighted by Crippen LogP contribution is 2.28. The predicted octanol–water partition coefficient (Wildman–Crippen LogP) is 1.92. The van der Waals surface area contributed by atoms with E-state index in [4.69, 9.17) is 4.74 Å². The molecule has 0 N–H and O–H groups in total. The van der Waals surface area contributed by atoms with Gasteiger partial charge in [0.2, 0.25) is 10.0 Å². The lowest BCUT2D eigenvalue weighted by atomic mass is 10.4. The van der Waals surface area contributed by atoms with E-state index < -0.39 is 16.0 Å². The fourth-order valence-electron chi connectivity index (χ4n) is 1.58. The van der Waals surface area contributed by atoms with Crippen LogP contribution in [0.15, 0.2) is 35.5 Å². The minimum Gasteiger partial charge on any atom is -0.421 e. The van der Waals surface area contributed by atoms with Crippen molar-refractivity contribution in [3.63, 3.8) is 0 Å². The third kappa shape index (κ3) is 3.29. The van der Waals surface area contributed by atoms with Crippen LogP contribution >= 0.6 is 11.3 Å². The zero-order chi connectivity index (χ0) is 15.6. The largest absolute Gasteiger partial charge is 0.421 e. The SMILES string of the molecule is Cc1sc(C(=O)Oc2cccnc2)cc1S(=O)(=O)N(C)C. The van der Waals surface area contributed by atoms with Crippen molar-refractivity contribution >= 4 is 27.3 Å². The number of nitrogens with zero attached hydrogens (tertiary/aromatic N) is 2. The van der Waals surface area contributed by atoms with Gasteiger partial charge in [-0.05, 0) is 25.1 Å². The summed E-state index contributed by atoms with van der Waals surface area (Å²) in [6.45, 7) is 1.65. The summed E-state index contributed by atoms with van der Waals surface area (Å²) in [6, 6.07) is 4.58. The smallest absolute Gasteiger partial charge is 0.353 e. The number of thiophene rings is 1. The summed E-state index contributed by atoms with van der Waals surface area (Å²) in [5, 5.41) is 0. The van der Waals surface area contributed by atoms with Gasteiger partial charge in [0.05, 0.1) is 11.1 Å². The van der Waals surface area contributed by atoms with Crippen molar-refractivity contribution in [3.05, 3.63) is 40.3 Å². The normalized spacial score (nSPS) is 11.6. The number of ether oxygens (including phenoxy) is 1. The second kappa shape index (κ2) is 5.92. The molecule has 8 heteroatoms. The number of rotatable bonds is 4. The molecule has 0 fully saturated rings. The van der Waals surface area contributed by atoms with Gasteiger partial charge in [-0.3, -0.25) is 4.98 Å². The van der Waals surface area contributed by atoms with Gasteiger partial charge in [0.25, 0.3) is 0 Å². The van der Waals surface area contributed by atoms with Gasteiger partial charge in [-0.1, -0.05) is 0 Å². The second-order valence-corrected chi connectivity index (χ2v) is 7.77. The molecule has 0 spiro atoms. The van der Waals surface area contributed by atoms with E-state index >= 15 is 0 Å². The van der Waals surface area contributed by atoms with Crippen molar-refractivity contribution in [3.8, 4) is 5.75 Å². The fraction of sp³-hybridized carbons (Fsp3) is 0.231. The molecule has 0 aliphatic rings. The summed E-state index contributed by atoms with van der Waals surface area (Å²) in [4.78, 5) is 16.8. The maximum atomic E-state index is 12.1. The number of sulfonamides is 1. The maximum Gasteiger partial charge on any atom is 0.353 e. The molecule has 2 aromatic heterocycles. The van der Waals surface area contributed by atoms with Gasteiger partial charge in [0, 0.05) is 25.2 Å². The average molecular weight is 326 g/mol. The van der Waals surface area contributed by atoms with Crippen LogP contribution < -0.4 is 4.74 Å². The molecule has 21 heavy (non-hydrogen) atoms. The lowest BCUT2D eigenvalue weighted by Gasteiger charge is -2.10. The summed E-state index contributed by atoms with van der Waals surface area (Å²) in [7, 11) is -0.680. The molecule has 6 nitrogen and oxygen atoms in total. The lowest BCUT2D eigenvalue weighted by molar-refractivity contribution is 0.0739. The van der Waals surface area contributed by atoms with Crippen molar-refractivity contribution in [2.45, 2.75) is 11.8 Å². The molecular formula is C13H14N2O4S2. The van der Waals surface area contributed by atoms with Crippen LogP contribution in [0.3, 0.4) is 0 Å². The Kier molecular flexibility index (Phi) is 4.40. The van der Waals surface area contributed by atoms with Crippen LogP contribution in [-0.2, 0) is 10.0 Å². The van der Waals surface area contributed by atoms with Crippen molar-refractivity contribution < 1.29 is 17.9 Å². The predicted molar refractivity (Wildman–Crippen MR) is 79.1 cm³/mol. The molecule has 2 aromatic rings. The lowest BCUT2D eigenvalue weighted by Crippen LogP contribution is -2.22. The molecule has 0 radical (unpaired) electrons. The molecule has 0 unspecified atom stereocenters. The highest BCUT2D eigenvalue weighted by molar-refractivity contribution is 7.89. The minimum absolute atomic E-state index is 0.121. The van der Waals surface area contributed by atoms with E-state index in [9.17, 15) is 13.2 Å². The second-order valence-electron chi connectivity index (χ2n) is 4.40. The van der Waals surface area contributed by atoms with Crippen molar-refractivity contribution in [2.24, 2.45) is 0 Å². The summed E-state index contributed by atoms with van der Waals surface area (Å²) in [5.74, 6) is -0.290.